The molecule has 0 aliphatic carbocycles. The minimum Gasteiger partial charge on any atom is -0.487 e. The van der Waals surface area contributed by atoms with Crippen LogP contribution in [0.15, 0.2) is 18.2 Å². The first-order valence-electron chi connectivity index (χ1n) is 7.56. The largest absolute Gasteiger partial charge is 0.487 e. The molecule has 6 nitrogen and oxygen atoms in total. The zero-order chi connectivity index (χ0) is 15.2. The van der Waals surface area contributed by atoms with E-state index < -0.39 is 0 Å². The molecule has 0 saturated carbocycles. The van der Waals surface area contributed by atoms with E-state index in [1.54, 1.807) is 6.07 Å². The van der Waals surface area contributed by atoms with Gasteiger partial charge in [-0.1, -0.05) is 13.0 Å². The normalized spacial score (nSPS) is 17.7. The van der Waals surface area contributed by atoms with E-state index in [0.29, 0.717) is 24.1 Å². The molecule has 1 aromatic carbocycles. The molecular weight excluding hydrogens is 270 g/mol. The van der Waals surface area contributed by atoms with E-state index >= 15 is 0 Å². The quantitative estimate of drug-likeness (QED) is 0.618. The number of hydrogen-bond donors (Lipinski definition) is 1. The van der Waals surface area contributed by atoms with Crippen molar-refractivity contribution in [2.75, 3.05) is 31.1 Å². The fraction of sp³-hybridized carbons (Fsp3) is 0.600. The van der Waals surface area contributed by atoms with Crippen LogP contribution in [-0.2, 0) is 0 Å². The van der Waals surface area contributed by atoms with Crippen molar-refractivity contribution in [3.8, 4) is 5.75 Å². The van der Waals surface area contributed by atoms with Gasteiger partial charge < -0.3 is 15.0 Å². The minimum atomic E-state index is -0.328. The SMILES string of the molecule is CCCN(c1cccc(OCC)c1[N+](=O)[O-])C1CCNC1. The molecule has 1 aliphatic rings. The Hall–Kier alpha value is -1.82. The molecule has 0 amide bonds. The second kappa shape index (κ2) is 7.26. The minimum absolute atomic E-state index is 0.0831. The average Bonchev–Trinajstić information content (AvgIpc) is 2.98. The summed E-state index contributed by atoms with van der Waals surface area (Å²) in [4.78, 5) is 13.3. The molecule has 116 valence electrons. The molecule has 0 spiro atoms. The van der Waals surface area contributed by atoms with Gasteiger partial charge >= 0.3 is 5.69 Å². The number of nitro benzene ring substituents is 1. The van der Waals surface area contributed by atoms with E-state index in [1.807, 2.05) is 19.1 Å². The Labute approximate surface area is 125 Å². The highest BCUT2D eigenvalue weighted by Crippen LogP contribution is 2.38. The van der Waals surface area contributed by atoms with Gasteiger partial charge in [-0.25, -0.2) is 0 Å². The molecular formula is C15H23N3O3. The van der Waals surface area contributed by atoms with Gasteiger partial charge in [0.15, 0.2) is 5.75 Å². The molecule has 1 unspecified atom stereocenters. The Morgan fingerprint density at radius 1 is 1.48 bits per heavy atom. The van der Waals surface area contributed by atoms with Crippen LogP contribution < -0.4 is 15.0 Å². The zero-order valence-corrected chi connectivity index (χ0v) is 12.7. The fourth-order valence-electron chi connectivity index (χ4n) is 2.84. The maximum Gasteiger partial charge on any atom is 0.333 e. The van der Waals surface area contributed by atoms with Gasteiger partial charge in [-0.05, 0) is 38.4 Å². The lowest BCUT2D eigenvalue weighted by molar-refractivity contribution is -0.385. The van der Waals surface area contributed by atoms with Crippen molar-refractivity contribution in [3.05, 3.63) is 28.3 Å². The third-order valence-electron chi connectivity index (χ3n) is 3.71. The summed E-state index contributed by atoms with van der Waals surface area (Å²) in [5, 5.41) is 14.9. The van der Waals surface area contributed by atoms with Crippen LogP contribution in [0, 0.1) is 10.1 Å². The predicted molar refractivity (Wildman–Crippen MR) is 83.2 cm³/mol. The maximum absolute atomic E-state index is 11.5. The van der Waals surface area contributed by atoms with E-state index in [0.717, 1.165) is 32.5 Å². The molecule has 0 bridgehead atoms. The van der Waals surface area contributed by atoms with Crippen LogP contribution in [0.4, 0.5) is 11.4 Å². The molecule has 1 N–H and O–H groups in total. The second-order valence-electron chi connectivity index (χ2n) is 5.15. The molecule has 1 fully saturated rings. The van der Waals surface area contributed by atoms with Crippen molar-refractivity contribution >= 4 is 11.4 Å². The highest BCUT2D eigenvalue weighted by Gasteiger charge is 2.30. The smallest absolute Gasteiger partial charge is 0.333 e. The van der Waals surface area contributed by atoms with Gasteiger partial charge in [0, 0.05) is 19.1 Å². The lowest BCUT2D eigenvalue weighted by Gasteiger charge is -2.30. The van der Waals surface area contributed by atoms with Crippen molar-refractivity contribution in [1.29, 1.82) is 0 Å². The topological polar surface area (TPSA) is 67.6 Å². The van der Waals surface area contributed by atoms with Crippen molar-refractivity contribution < 1.29 is 9.66 Å². The number of benzene rings is 1. The molecule has 1 saturated heterocycles. The van der Waals surface area contributed by atoms with Gasteiger partial charge in [-0.15, -0.1) is 0 Å². The standard InChI is InChI=1S/C15H23N3O3/c1-3-10-17(12-8-9-16-11-12)13-6-5-7-14(21-4-2)15(13)18(19)20/h5-7,12,16H,3-4,8-11H2,1-2H3. The third-order valence-corrected chi connectivity index (χ3v) is 3.71. The van der Waals surface area contributed by atoms with Gasteiger partial charge in [-0.2, -0.15) is 0 Å². The number of nitrogens with one attached hydrogen (secondary N) is 1. The number of nitro groups is 1. The summed E-state index contributed by atoms with van der Waals surface area (Å²) in [7, 11) is 0. The molecule has 0 radical (unpaired) electrons. The van der Waals surface area contributed by atoms with Crippen molar-refractivity contribution in [2.45, 2.75) is 32.7 Å². The molecule has 6 heteroatoms. The number of nitrogens with zero attached hydrogens (tertiary/aromatic N) is 2. The van der Waals surface area contributed by atoms with Gasteiger partial charge in [0.05, 0.1) is 11.5 Å². The molecule has 1 heterocycles. The van der Waals surface area contributed by atoms with E-state index in [4.69, 9.17) is 4.74 Å². The third kappa shape index (κ3) is 3.44. The van der Waals surface area contributed by atoms with Crippen LogP contribution in [0.3, 0.4) is 0 Å². The molecule has 1 aromatic rings. The molecule has 21 heavy (non-hydrogen) atoms. The summed E-state index contributed by atoms with van der Waals surface area (Å²) in [6.45, 7) is 6.99. The van der Waals surface area contributed by atoms with Crippen molar-refractivity contribution in [1.82, 2.24) is 5.32 Å². The number of hydrogen-bond acceptors (Lipinski definition) is 5. The summed E-state index contributed by atoms with van der Waals surface area (Å²) in [5.41, 5.74) is 0.751. The second-order valence-corrected chi connectivity index (χ2v) is 5.15. The van der Waals surface area contributed by atoms with Gasteiger partial charge in [-0.3, -0.25) is 10.1 Å². The average molecular weight is 293 g/mol. The van der Waals surface area contributed by atoms with Crippen LogP contribution >= 0.6 is 0 Å². The van der Waals surface area contributed by atoms with Crippen LogP contribution in [0.1, 0.15) is 26.7 Å². The number of para-hydroxylation sites is 1. The predicted octanol–water partition coefficient (Wildman–Crippen LogP) is 2.57. The summed E-state index contributed by atoms with van der Waals surface area (Å²) in [5.74, 6) is 0.354. The van der Waals surface area contributed by atoms with Crippen molar-refractivity contribution in [3.63, 3.8) is 0 Å². The zero-order valence-electron chi connectivity index (χ0n) is 12.7. The lowest BCUT2D eigenvalue weighted by atomic mass is 10.1. The van der Waals surface area contributed by atoms with Gasteiger partial charge in [0.2, 0.25) is 0 Å². The molecule has 1 aliphatic heterocycles. The highest BCUT2D eigenvalue weighted by atomic mass is 16.6. The number of ether oxygens (including phenoxy) is 1. The number of anilines is 1. The Kier molecular flexibility index (Phi) is 5.38. The summed E-state index contributed by atoms with van der Waals surface area (Å²) >= 11 is 0. The van der Waals surface area contributed by atoms with Crippen LogP contribution in [0.25, 0.3) is 0 Å². The molecule has 0 aromatic heterocycles. The van der Waals surface area contributed by atoms with E-state index in [2.05, 4.69) is 17.1 Å². The molecule has 1 atom stereocenters. The first-order valence-corrected chi connectivity index (χ1v) is 7.56. The monoisotopic (exact) mass is 293 g/mol. The van der Waals surface area contributed by atoms with E-state index in [9.17, 15) is 10.1 Å². The van der Waals surface area contributed by atoms with E-state index in [1.165, 1.54) is 0 Å². The Morgan fingerprint density at radius 2 is 2.29 bits per heavy atom. The first kappa shape index (κ1) is 15.6. The van der Waals surface area contributed by atoms with Crippen LogP contribution in [0.5, 0.6) is 5.75 Å². The summed E-state index contributed by atoms with van der Waals surface area (Å²) in [6, 6.07) is 5.63. The first-order chi connectivity index (χ1) is 10.2. The van der Waals surface area contributed by atoms with Crippen molar-refractivity contribution in [2.24, 2.45) is 0 Å². The number of rotatable bonds is 7. The fourth-order valence-corrected chi connectivity index (χ4v) is 2.84. The van der Waals surface area contributed by atoms with Crippen LogP contribution in [0.2, 0.25) is 0 Å². The maximum atomic E-state index is 11.5. The lowest BCUT2D eigenvalue weighted by Crippen LogP contribution is -2.38. The van der Waals surface area contributed by atoms with E-state index in [-0.39, 0.29) is 10.6 Å². The van der Waals surface area contributed by atoms with Crippen LogP contribution in [-0.4, -0.2) is 37.2 Å². The molecule has 2 rings (SSSR count). The Morgan fingerprint density at radius 3 is 2.86 bits per heavy atom. The Balaban J connectivity index is 2.42. The van der Waals surface area contributed by atoms with Gasteiger partial charge in [0.25, 0.3) is 0 Å². The summed E-state index contributed by atoms with van der Waals surface area (Å²) in [6.07, 6.45) is 1.96. The van der Waals surface area contributed by atoms with Gasteiger partial charge in [0.1, 0.15) is 5.69 Å². The summed E-state index contributed by atoms with van der Waals surface area (Å²) < 4.78 is 5.45. The highest BCUT2D eigenvalue weighted by molar-refractivity contribution is 5.70. The Bertz CT molecular complexity index is 487.